The van der Waals surface area contributed by atoms with Crippen LogP contribution in [0.4, 0.5) is 5.69 Å². The number of hydrogen-bond acceptors (Lipinski definition) is 4. The third kappa shape index (κ3) is 5.77. The summed E-state index contributed by atoms with van der Waals surface area (Å²) >= 11 is 3.52. The number of anilines is 1. The molecule has 0 unspecified atom stereocenters. The molecule has 0 atom stereocenters. The quantitative estimate of drug-likeness (QED) is 0.316. The number of ether oxygens (including phenoxy) is 2. The minimum Gasteiger partial charge on any atom is -0.493 e. The van der Waals surface area contributed by atoms with E-state index >= 15 is 0 Å². The minimum atomic E-state index is -0.475. The van der Waals surface area contributed by atoms with Crippen molar-refractivity contribution in [1.29, 1.82) is 5.26 Å². The zero-order chi connectivity index (χ0) is 23.1. The van der Waals surface area contributed by atoms with Gasteiger partial charge < -0.3 is 14.8 Å². The number of aryl methyl sites for hydroxylation is 2. The van der Waals surface area contributed by atoms with Crippen molar-refractivity contribution in [3.63, 3.8) is 0 Å². The molecule has 0 saturated carbocycles. The molecule has 1 N–H and O–H groups in total. The van der Waals surface area contributed by atoms with Gasteiger partial charge in [0.05, 0.1) is 11.6 Å². The second kappa shape index (κ2) is 10.7. The van der Waals surface area contributed by atoms with Crippen molar-refractivity contribution in [3.8, 4) is 17.6 Å². The molecule has 162 valence electrons. The van der Waals surface area contributed by atoms with Gasteiger partial charge in [-0.25, -0.2) is 0 Å². The first-order chi connectivity index (χ1) is 15.4. The zero-order valence-electron chi connectivity index (χ0n) is 18.1. The smallest absolute Gasteiger partial charge is 0.266 e. The Kier molecular flexibility index (Phi) is 7.69. The topological polar surface area (TPSA) is 71.3 Å². The van der Waals surface area contributed by atoms with E-state index in [1.807, 2.05) is 56.3 Å². The van der Waals surface area contributed by atoms with Crippen LogP contribution >= 0.6 is 15.9 Å². The van der Waals surface area contributed by atoms with Gasteiger partial charge >= 0.3 is 0 Å². The van der Waals surface area contributed by atoms with Gasteiger partial charge in [0.2, 0.25) is 0 Å². The maximum absolute atomic E-state index is 12.6. The van der Waals surface area contributed by atoms with Crippen LogP contribution in [0, 0.1) is 25.2 Å². The second-order valence-electron chi connectivity index (χ2n) is 7.25. The van der Waals surface area contributed by atoms with Crippen molar-refractivity contribution in [2.24, 2.45) is 0 Å². The molecular weight excluding hydrogens is 468 g/mol. The van der Waals surface area contributed by atoms with Crippen molar-refractivity contribution in [2.75, 3.05) is 12.4 Å². The van der Waals surface area contributed by atoms with Crippen LogP contribution in [0.1, 0.15) is 22.3 Å². The molecule has 0 aliphatic heterocycles. The van der Waals surface area contributed by atoms with Gasteiger partial charge in [0.15, 0.2) is 11.5 Å². The number of benzene rings is 3. The summed E-state index contributed by atoms with van der Waals surface area (Å²) in [4.78, 5) is 12.6. The molecule has 1 amide bonds. The molecule has 0 aromatic heterocycles. The van der Waals surface area contributed by atoms with Crippen molar-refractivity contribution in [2.45, 2.75) is 20.5 Å². The zero-order valence-corrected chi connectivity index (χ0v) is 19.7. The molecule has 6 heteroatoms. The van der Waals surface area contributed by atoms with Crippen molar-refractivity contribution in [1.82, 2.24) is 0 Å². The number of carbonyl (C=O) groups is 1. The van der Waals surface area contributed by atoms with Crippen LogP contribution in [0.3, 0.4) is 0 Å². The monoisotopic (exact) mass is 490 g/mol. The number of methoxy groups -OCH3 is 1. The number of rotatable bonds is 7. The maximum Gasteiger partial charge on any atom is 0.266 e. The summed E-state index contributed by atoms with van der Waals surface area (Å²) < 4.78 is 12.1. The minimum absolute atomic E-state index is 0.0179. The van der Waals surface area contributed by atoms with E-state index in [4.69, 9.17) is 9.47 Å². The average molecular weight is 491 g/mol. The standard InChI is InChI=1S/C26H23BrN2O3/c1-17-7-6-9-19(11-17)16-32-25-22(27)13-20(14-24(25)31-3)12-21(15-28)26(30)29-23-10-5-4-8-18(23)2/h4-14H,16H2,1-3H3,(H,29,30)/b21-12-. The number of hydrogen-bond donors (Lipinski definition) is 1. The summed E-state index contributed by atoms with van der Waals surface area (Å²) in [6, 6.07) is 21.0. The highest BCUT2D eigenvalue weighted by atomic mass is 79.9. The van der Waals surface area contributed by atoms with Gasteiger partial charge in [-0.05, 0) is 70.7 Å². The van der Waals surface area contributed by atoms with Crippen molar-refractivity contribution < 1.29 is 14.3 Å². The molecule has 0 saturated heterocycles. The van der Waals surface area contributed by atoms with Crippen LogP contribution in [-0.2, 0) is 11.4 Å². The molecule has 0 bridgehead atoms. The van der Waals surface area contributed by atoms with Gasteiger partial charge in [-0.1, -0.05) is 48.0 Å². The van der Waals surface area contributed by atoms with E-state index < -0.39 is 5.91 Å². The van der Waals surface area contributed by atoms with Gasteiger partial charge in [-0.2, -0.15) is 5.26 Å². The molecule has 5 nitrogen and oxygen atoms in total. The fraction of sp³-hybridized carbons (Fsp3) is 0.154. The van der Waals surface area contributed by atoms with Crippen LogP contribution < -0.4 is 14.8 Å². The normalized spacial score (nSPS) is 10.9. The Bertz CT molecular complexity index is 1210. The lowest BCUT2D eigenvalue weighted by molar-refractivity contribution is -0.112. The van der Waals surface area contributed by atoms with Gasteiger partial charge in [0.25, 0.3) is 5.91 Å². The Morgan fingerprint density at radius 3 is 2.59 bits per heavy atom. The number of nitrogens with one attached hydrogen (secondary N) is 1. The largest absolute Gasteiger partial charge is 0.493 e. The highest BCUT2D eigenvalue weighted by molar-refractivity contribution is 9.10. The summed E-state index contributed by atoms with van der Waals surface area (Å²) in [5.74, 6) is 0.570. The van der Waals surface area contributed by atoms with Crippen molar-refractivity contribution in [3.05, 3.63) is 93.0 Å². The SMILES string of the molecule is COc1cc(/C=C(/C#N)C(=O)Nc2ccccc2C)cc(Br)c1OCc1cccc(C)c1. The van der Waals surface area contributed by atoms with Crippen LogP contribution in [0.5, 0.6) is 11.5 Å². The fourth-order valence-electron chi connectivity index (χ4n) is 3.14. The lowest BCUT2D eigenvalue weighted by Crippen LogP contribution is -2.14. The summed E-state index contributed by atoms with van der Waals surface area (Å²) in [7, 11) is 1.55. The molecule has 0 radical (unpaired) electrons. The van der Waals surface area contributed by atoms with E-state index in [0.717, 1.165) is 16.7 Å². The van der Waals surface area contributed by atoms with E-state index in [-0.39, 0.29) is 5.57 Å². The number of halogens is 1. The van der Waals surface area contributed by atoms with Gasteiger partial charge in [0, 0.05) is 5.69 Å². The van der Waals surface area contributed by atoms with Crippen LogP contribution in [0.15, 0.2) is 70.7 Å². The molecule has 0 fully saturated rings. The molecule has 0 heterocycles. The van der Waals surface area contributed by atoms with Gasteiger partial charge in [0.1, 0.15) is 18.2 Å². The van der Waals surface area contributed by atoms with Gasteiger partial charge in [-0.15, -0.1) is 0 Å². The second-order valence-corrected chi connectivity index (χ2v) is 8.11. The molecule has 0 spiro atoms. The average Bonchev–Trinajstić information content (AvgIpc) is 2.77. The number of nitriles is 1. The number of amides is 1. The predicted octanol–water partition coefficient (Wildman–Crippen LogP) is 6.20. The molecule has 3 rings (SSSR count). The van der Waals surface area contributed by atoms with Crippen LogP contribution in [-0.4, -0.2) is 13.0 Å². The Labute approximate surface area is 196 Å². The van der Waals surface area contributed by atoms with E-state index in [1.54, 1.807) is 25.3 Å². The van der Waals surface area contributed by atoms with Gasteiger partial charge in [-0.3, -0.25) is 4.79 Å². The Hall–Kier alpha value is -3.56. The lowest BCUT2D eigenvalue weighted by Gasteiger charge is -2.14. The molecule has 3 aromatic rings. The first-order valence-corrected chi connectivity index (χ1v) is 10.7. The maximum atomic E-state index is 12.6. The van der Waals surface area contributed by atoms with E-state index in [0.29, 0.717) is 33.8 Å². The summed E-state index contributed by atoms with van der Waals surface area (Å²) in [6.07, 6.45) is 1.52. The number of carbonyl (C=O) groups excluding carboxylic acids is 1. The van der Waals surface area contributed by atoms with E-state index in [9.17, 15) is 10.1 Å². The highest BCUT2D eigenvalue weighted by Crippen LogP contribution is 2.38. The Balaban J connectivity index is 1.83. The molecule has 3 aromatic carbocycles. The van der Waals surface area contributed by atoms with E-state index in [2.05, 4.69) is 27.3 Å². The highest BCUT2D eigenvalue weighted by Gasteiger charge is 2.15. The predicted molar refractivity (Wildman–Crippen MR) is 130 cm³/mol. The van der Waals surface area contributed by atoms with E-state index in [1.165, 1.54) is 6.08 Å². The lowest BCUT2D eigenvalue weighted by atomic mass is 10.1. The Morgan fingerprint density at radius 2 is 1.91 bits per heavy atom. The summed E-state index contributed by atoms with van der Waals surface area (Å²) in [6.45, 7) is 4.31. The number of nitrogens with zero attached hydrogens (tertiary/aromatic N) is 1. The van der Waals surface area contributed by atoms with Crippen LogP contribution in [0.2, 0.25) is 0 Å². The third-order valence-corrected chi connectivity index (χ3v) is 5.38. The van der Waals surface area contributed by atoms with Crippen molar-refractivity contribution >= 4 is 33.6 Å². The fourth-order valence-corrected chi connectivity index (χ4v) is 3.71. The molecular formula is C26H23BrN2O3. The summed E-state index contributed by atoms with van der Waals surface area (Å²) in [5, 5.41) is 12.3. The molecule has 32 heavy (non-hydrogen) atoms. The molecule has 0 aliphatic rings. The number of para-hydroxylation sites is 1. The molecule has 0 aliphatic carbocycles. The third-order valence-electron chi connectivity index (χ3n) is 4.79. The first-order valence-electron chi connectivity index (χ1n) is 9.96. The summed E-state index contributed by atoms with van der Waals surface area (Å²) in [5.41, 5.74) is 4.40. The first kappa shape index (κ1) is 23.1. The van der Waals surface area contributed by atoms with Crippen LogP contribution in [0.25, 0.3) is 6.08 Å². The Morgan fingerprint density at radius 1 is 1.12 bits per heavy atom.